The van der Waals surface area contributed by atoms with E-state index in [1.807, 2.05) is 18.2 Å². The number of aromatic carboxylic acids is 1. The van der Waals surface area contributed by atoms with Gasteiger partial charge in [-0.25, -0.2) is 9.78 Å². The lowest BCUT2D eigenvalue weighted by molar-refractivity contribution is 0.0699. The van der Waals surface area contributed by atoms with E-state index in [2.05, 4.69) is 17.2 Å². The van der Waals surface area contributed by atoms with Crippen LogP contribution in [0.1, 0.15) is 30.1 Å². The van der Waals surface area contributed by atoms with Crippen molar-refractivity contribution in [3.63, 3.8) is 0 Å². The highest BCUT2D eigenvalue weighted by Gasteiger charge is 2.36. The highest BCUT2D eigenvalue weighted by Crippen LogP contribution is 2.44. The number of rotatable bonds is 4. The molecular formula is C15H16N2O2. The Kier molecular flexibility index (Phi) is 2.66. The zero-order valence-electron chi connectivity index (χ0n) is 10.8. The third kappa shape index (κ3) is 2.38. The van der Waals surface area contributed by atoms with E-state index in [9.17, 15) is 4.79 Å². The Hall–Kier alpha value is -2.10. The van der Waals surface area contributed by atoms with Crippen molar-refractivity contribution in [1.29, 1.82) is 0 Å². The van der Waals surface area contributed by atoms with E-state index in [0.717, 1.165) is 12.4 Å². The van der Waals surface area contributed by atoms with Crippen molar-refractivity contribution in [3.8, 4) is 0 Å². The minimum absolute atomic E-state index is 0.297. The molecule has 1 heterocycles. The quantitative estimate of drug-likeness (QED) is 0.882. The van der Waals surface area contributed by atoms with Crippen LogP contribution in [0.5, 0.6) is 0 Å². The molecule has 0 saturated heterocycles. The molecular weight excluding hydrogens is 240 g/mol. The molecule has 0 bridgehead atoms. The van der Waals surface area contributed by atoms with Crippen LogP contribution in [0.2, 0.25) is 0 Å². The lowest BCUT2D eigenvalue weighted by Gasteiger charge is -2.11. The van der Waals surface area contributed by atoms with Gasteiger partial charge in [-0.2, -0.15) is 0 Å². The summed E-state index contributed by atoms with van der Waals surface area (Å²) in [4.78, 5) is 15.6. The van der Waals surface area contributed by atoms with Crippen LogP contribution in [0.25, 0.3) is 10.9 Å². The van der Waals surface area contributed by atoms with Crippen molar-refractivity contribution in [2.45, 2.75) is 19.8 Å². The summed E-state index contributed by atoms with van der Waals surface area (Å²) in [5, 5.41) is 13.1. The van der Waals surface area contributed by atoms with Gasteiger partial charge in [-0.15, -0.1) is 0 Å². The van der Waals surface area contributed by atoms with Gasteiger partial charge in [0.25, 0.3) is 0 Å². The second kappa shape index (κ2) is 4.23. The normalized spacial score (nSPS) is 16.3. The number of carbonyl (C=O) groups is 1. The summed E-state index contributed by atoms with van der Waals surface area (Å²) in [5.41, 5.74) is 1.43. The summed E-state index contributed by atoms with van der Waals surface area (Å²) < 4.78 is 0. The molecule has 0 spiro atoms. The molecule has 1 aliphatic carbocycles. The van der Waals surface area contributed by atoms with Crippen LogP contribution in [-0.2, 0) is 0 Å². The van der Waals surface area contributed by atoms with Crippen LogP contribution in [0.4, 0.5) is 5.82 Å². The van der Waals surface area contributed by atoms with E-state index < -0.39 is 5.97 Å². The van der Waals surface area contributed by atoms with E-state index in [4.69, 9.17) is 5.11 Å². The van der Waals surface area contributed by atoms with Crippen LogP contribution >= 0.6 is 0 Å². The maximum absolute atomic E-state index is 11.1. The van der Waals surface area contributed by atoms with E-state index in [-0.39, 0.29) is 0 Å². The Balaban J connectivity index is 1.90. The minimum atomic E-state index is -0.918. The molecule has 2 aromatic rings. The first-order valence-electron chi connectivity index (χ1n) is 6.44. The van der Waals surface area contributed by atoms with E-state index in [1.54, 1.807) is 12.1 Å². The van der Waals surface area contributed by atoms with Crippen molar-refractivity contribution < 1.29 is 9.90 Å². The number of carboxylic acids is 1. The minimum Gasteiger partial charge on any atom is -0.478 e. The van der Waals surface area contributed by atoms with E-state index in [1.165, 1.54) is 12.8 Å². The number of anilines is 1. The van der Waals surface area contributed by atoms with Crippen molar-refractivity contribution in [2.75, 3.05) is 11.9 Å². The van der Waals surface area contributed by atoms with Crippen molar-refractivity contribution in [3.05, 3.63) is 35.9 Å². The fraction of sp³-hybridized carbons (Fsp3) is 0.333. The number of hydrogen-bond acceptors (Lipinski definition) is 3. The molecule has 1 aromatic carbocycles. The topological polar surface area (TPSA) is 62.2 Å². The summed E-state index contributed by atoms with van der Waals surface area (Å²) in [6, 6.07) is 8.84. The smallest absolute Gasteiger partial charge is 0.336 e. The molecule has 98 valence electrons. The predicted octanol–water partition coefficient (Wildman–Crippen LogP) is 3.15. The molecule has 19 heavy (non-hydrogen) atoms. The molecule has 1 aliphatic rings. The average molecular weight is 256 g/mol. The number of nitrogens with one attached hydrogen (secondary N) is 1. The number of hydrogen-bond donors (Lipinski definition) is 2. The third-order valence-corrected chi connectivity index (χ3v) is 3.76. The first-order chi connectivity index (χ1) is 9.07. The Bertz CT molecular complexity index is 648. The van der Waals surface area contributed by atoms with Crippen molar-refractivity contribution in [2.24, 2.45) is 5.41 Å². The standard InChI is InChI=1S/C15H16N2O2/c1-15(7-8-15)9-16-13-6-5-10-11(14(18)19)3-2-4-12(10)17-13/h2-6H,7-9H2,1H3,(H,16,17)(H,18,19). The summed E-state index contributed by atoms with van der Waals surface area (Å²) in [5.74, 6) is -0.109. The molecule has 1 saturated carbocycles. The van der Waals surface area contributed by atoms with Gasteiger partial charge in [0.05, 0.1) is 11.1 Å². The van der Waals surface area contributed by atoms with Gasteiger partial charge in [-0.3, -0.25) is 0 Å². The van der Waals surface area contributed by atoms with Gasteiger partial charge < -0.3 is 10.4 Å². The number of fused-ring (bicyclic) bond motifs is 1. The predicted molar refractivity (Wildman–Crippen MR) is 74.5 cm³/mol. The Labute approximate surface area is 111 Å². The third-order valence-electron chi connectivity index (χ3n) is 3.76. The highest BCUT2D eigenvalue weighted by molar-refractivity contribution is 6.02. The van der Waals surface area contributed by atoms with Crippen LogP contribution in [0.15, 0.2) is 30.3 Å². The average Bonchev–Trinajstić information content (AvgIpc) is 3.14. The van der Waals surface area contributed by atoms with Crippen LogP contribution in [-0.4, -0.2) is 22.6 Å². The lowest BCUT2D eigenvalue weighted by Crippen LogP contribution is -2.12. The molecule has 4 heteroatoms. The lowest BCUT2D eigenvalue weighted by atomic mass is 10.1. The van der Waals surface area contributed by atoms with Crippen LogP contribution in [0, 0.1) is 5.41 Å². The maximum atomic E-state index is 11.1. The first kappa shape index (κ1) is 12.0. The van der Waals surface area contributed by atoms with Gasteiger partial charge in [0.1, 0.15) is 5.82 Å². The number of pyridine rings is 1. The van der Waals surface area contributed by atoms with Crippen LogP contribution in [0.3, 0.4) is 0 Å². The molecule has 3 rings (SSSR count). The molecule has 0 amide bonds. The maximum Gasteiger partial charge on any atom is 0.336 e. The zero-order valence-corrected chi connectivity index (χ0v) is 10.8. The summed E-state index contributed by atoms with van der Waals surface area (Å²) >= 11 is 0. The zero-order chi connectivity index (χ0) is 13.5. The molecule has 0 unspecified atom stereocenters. The van der Waals surface area contributed by atoms with E-state index in [0.29, 0.717) is 21.9 Å². The van der Waals surface area contributed by atoms with Crippen molar-refractivity contribution in [1.82, 2.24) is 4.98 Å². The first-order valence-corrected chi connectivity index (χ1v) is 6.44. The van der Waals surface area contributed by atoms with Gasteiger partial charge >= 0.3 is 5.97 Å². The molecule has 4 nitrogen and oxygen atoms in total. The van der Waals surface area contributed by atoms with Crippen molar-refractivity contribution >= 4 is 22.7 Å². The molecule has 2 N–H and O–H groups in total. The monoisotopic (exact) mass is 256 g/mol. The fourth-order valence-electron chi connectivity index (χ4n) is 2.13. The number of aromatic nitrogens is 1. The van der Waals surface area contributed by atoms with E-state index >= 15 is 0 Å². The number of carboxylic acid groups (broad SMARTS) is 1. The number of benzene rings is 1. The summed E-state index contributed by atoms with van der Waals surface area (Å²) in [7, 11) is 0. The van der Waals surface area contributed by atoms with Gasteiger partial charge in [-0.05, 0) is 42.5 Å². The summed E-state index contributed by atoms with van der Waals surface area (Å²) in [6.07, 6.45) is 2.52. The second-order valence-electron chi connectivity index (χ2n) is 5.54. The Morgan fingerprint density at radius 3 is 2.84 bits per heavy atom. The van der Waals surface area contributed by atoms with Gasteiger partial charge in [0.2, 0.25) is 0 Å². The molecule has 0 radical (unpaired) electrons. The molecule has 0 aliphatic heterocycles. The fourth-order valence-corrected chi connectivity index (χ4v) is 2.13. The Morgan fingerprint density at radius 1 is 1.37 bits per heavy atom. The number of nitrogens with zero attached hydrogens (tertiary/aromatic N) is 1. The van der Waals surface area contributed by atoms with Gasteiger partial charge in [0, 0.05) is 11.9 Å². The molecule has 1 aromatic heterocycles. The summed E-state index contributed by atoms with van der Waals surface area (Å²) in [6.45, 7) is 3.17. The van der Waals surface area contributed by atoms with Gasteiger partial charge in [0.15, 0.2) is 0 Å². The SMILES string of the molecule is CC1(CNc2ccc3c(C(=O)O)cccc3n2)CC1. The second-order valence-corrected chi connectivity index (χ2v) is 5.54. The van der Waals surface area contributed by atoms with Crippen LogP contribution < -0.4 is 5.32 Å². The Morgan fingerprint density at radius 2 is 2.16 bits per heavy atom. The molecule has 1 fully saturated rings. The van der Waals surface area contributed by atoms with Gasteiger partial charge in [-0.1, -0.05) is 13.0 Å². The largest absolute Gasteiger partial charge is 0.478 e. The molecule has 0 atom stereocenters. The highest BCUT2D eigenvalue weighted by atomic mass is 16.4.